The van der Waals surface area contributed by atoms with E-state index in [1.165, 1.54) is 11.8 Å². The molecule has 0 N–H and O–H groups in total. The first-order valence-corrected chi connectivity index (χ1v) is 7.09. The topological polar surface area (TPSA) is 63.0 Å². The summed E-state index contributed by atoms with van der Waals surface area (Å²) in [5, 5.41) is 9.80. The molecule has 1 aromatic rings. The van der Waals surface area contributed by atoms with E-state index in [1.54, 1.807) is 13.0 Å². The Kier molecular flexibility index (Phi) is 3.87. The van der Waals surface area contributed by atoms with Gasteiger partial charge in [0.05, 0.1) is 17.7 Å². The van der Waals surface area contributed by atoms with E-state index in [-0.39, 0.29) is 0 Å². The number of pyridine rings is 1. The summed E-state index contributed by atoms with van der Waals surface area (Å²) in [7, 11) is 0. The van der Waals surface area contributed by atoms with E-state index in [9.17, 15) is 10.1 Å². The maximum Gasteiger partial charge on any atom is 0.339 e. The van der Waals surface area contributed by atoms with Gasteiger partial charge in [-0.1, -0.05) is 0 Å². The second-order valence-electron chi connectivity index (χ2n) is 4.09. The van der Waals surface area contributed by atoms with E-state index in [0.717, 1.165) is 18.5 Å². The number of hydrogen-bond donors (Lipinski definition) is 0. The Hall–Kier alpha value is -1.54. The predicted octanol–water partition coefficient (Wildman–Crippen LogP) is 2.73. The molecule has 1 aromatic heterocycles. The van der Waals surface area contributed by atoms with Crippen molar-refractivity contribution in [3.05, 3.63) is 22.9 Å². The number of carbonyl (C=O) groups excluding carboxylic acids is 1. The van der Waals surface area contributed by atoms with Gasteiger partial charge in [-0.05, 0) is 32.1 Å². The van der Waals surface area contributed by atoms with E-state index in [2.05, 4.69) is 11.1 Å². The van der Waals surface area contributed by atoms with Gasteiger partial charge in [0, 0.05) is 11.6 Å². The first-order valence-electron chi connectivity index (χ1n) is 5.87. The van der Waals surface area contributed by atoms with E-state index in [0.29, 0.717) is 28.7 Å². The molecule has 0 saturated heterocycles. The number of esters is 1. The zero-order valence-electron chi connectivity index (χ0n) is 10.4. The number of nitrogens with zero attached hydrogens (tertiary/aromatic N) is 2. The molecular formula is C13H14N2O2S. The minimum absolute atomic E-state index is 0.305. The van der Waals surface area contributed by atoms with Crippen molar-refractivity contribution in [1.29, 1.82) is 5.26 Å². The van der Waals surface area contributed by atoms with Crippen LogP contribution in [-0.2, 0) is 4.74 Å². The number of hydrogen-bond acceptors (Lipinski definition) is 5. The Morgan fingerprint density at radius 1 is 1.67 bits per heavy atom. The van der Waals surface area contributed by atoms with Crippen molar-refractivity contribution < 1.29 is 9.53 Å². The predicted molar refractivity (Wildman–Crippen MR) is 68.7 cm³/mol. The second kappa shape index (κ2) is 5.40. The van der Waals surface area contributed by atoms with Crippen LogP contribution in [0.3, 0.4) is 0 Å². The molecule has 5 heteroatoms. The molecule has 1 fully saturated rings. The average molecular weight is 262 g/mol. The van der Waals surface area contributed by atoms with Crippen molar-refractivity contribution in [2.24, 2.45) is 0 Å². The highest BCUT2D eigenvalue weighted by Crippen LogP contribution is 2.40. The Balaban J connectivity index is 2.50. The third-order valence-corrected chi connectivity index (χ3v) is 3.48. The number of nitriles is 1. The van der Waals surface area contributed by atoms with Crippen LogP contribution in [0.2, 0.25) is 0 Å². The largest absolute Gasteiger partial charge is 0.462 e. The monoisotopic (exact) mass is 262 g/mol. The van der Waals surface area contributed by atoms with Crippen LogP contribution in [-0.4, -0.2) is 23.8 Å². The van der Waals surface area contributed by atoms with E-state index in [1.807, 2.05) is 6.26 Å². The highest BCUT2D eigenvalue weighted by molar-refractivity contribution is 7.98. The molecule has 0 spiro atoms. The molecule has 0 unspecified atom stereocenters. The molecule has 1 aliphatic rings. The molecule has 0 radical (unpaired) electrons. The average Bonchev–Trinajstić information content (AvgIpc) is 3.21. The van der Waals surface area contributed by atoms with Crippen LogP contribution >= 0.6 is 11.8 Å². The van der Waals surface area contributed by atoms with Crippen molar-refractivity contribution in [2.75, 3.05) is 12.9 Å². The summed E-state index contributed by atoms with van der Waals surface area (Å²) in [6.07, 6.45) is 4.07. The fraction of sp³-hybridized carbons (Fsp3) is 0.462. The molecule has 0 atom stereocenters. The van der Waals surface area contributed by atoms with Crippen LogP contribution in [0.25, 0.3) is 0 Å². The highest BCUT2D eigenvalue weighted by atomic mass is 32.2. The van der Waals surface area contributed by atoms with E-state index >= 15 is 0 Å². The summed E-state index contributed by atoms with van der Waals surface area (Å²) in [6.45, 7) is 2.06. The molecule has 0 bridgehead atoms. The number of carbonyl (C=O) groups is 1. The van der Waals surface area contributed by atoms with Crippen molar-refractivity contribution in [3.63, 3.8) is 0 Å². The number of ether oxygens (including phenoxy) is 1. The van der Waals surface area contributed by atoms with Crippen LogP contribution in [0.4, 0.5) is 0 Å². The Bertz CT molecular complexity index is 518. The van der Waals surface area contributed by atoms with E-state index < -0.39 is 5.97 Å². The molecule has 1 saturated carbocycles. The van der Waals surface area contributed by atoms with Gasteiger partial charge in [-0.2, -0.15) is 5.26 Å². The first-order chi connectivity index (χ1) is 8.71. The third-order valence-electron chi connectivity index (χ3n) is 2.80. The lowest BCUT2D eigenvalue weighted by atomic mass is 10.1. The van der Waals surface area contributed by atoms with Crippen molar-refractivity contribution in [2.45, 2.75) is 30.7 Å². The summed E-state index contributed by atoms with van der Waals surface area (Å²) in [6, 6.07) is 3.77. The van der Waals surface area contributed by atoms with Gasteiger partial charge in [0.1, 0.15) is 11.1 Å². The van der Waals surface area contributed by atoms with Crippen LogP contribution in [0.1, 0.15) is 47.3 Å². The smallest absolute Gasteiger partial charge is 0.339 e. The molecule has 2 rings (SSSR count). The number of rotatable bonds is 4. The lowest BCUT2D eigenvalue weighted by molar-refractivity contribution is 0.0525. The van der Waals surface area contributed by atoms with Crippen LogP contribution in [0.15, 0.2) is 11.1 Å². The maximum absolute atomic E-state index is 11.9. The summed E-state index contributed by atoms with van der Waals surface area (Å²) >= 11 is 1.39. The van der Waals surface area contributed by atoms with Gasteiger partial charge in [-0.15, -0.1) is 11.8 Å². The van der Waals surface area contributed by atoms with Crippen molar-refractivity contribution >= 4 is 17.7 Å². The van der Waals surface area contributed by atoms with Gasteiger partial charge in [-0.3, -0.25) is 0 Å². The highest BCUT2D eigenvalue weighted by Gasteiger charge is 2.28. The molecule has 94 valence electrons. The minimum Gasteiger partial charge on any atom is -0.462 e. The molecule has 4 nitrogen and oxygen atoms in total. The maximum atomic E-state index is 11.9. The quantitative estimate of drug-likeness (QED) is 0.616. The summed E-state index contributed by atoms with van der Waals surface area (Å²) in [5.74, 6) is 0.00506. The minimum atomic E-state index is -0.436. The molecule has 18 heavy (non-hydrogen) atoms. The fourth-order valence-corrected chi connectivity index (χ4v) is 2.31. The molecule has 0 aliphatic heterocycles. The lowest BCUT2D eigenvalue weighted by Crippen LogP contribution is -2.10. The molecule has 0 amide bonds. The van der Waals surface area contributed by atoms with Crippen molar-refractivity contribution in [1.82, 2.24) is 4.98 Å². The van der Waals surface area contributed by atoms with Gasteiger partial charge >= 0.3 is 5.97 Å². The summed E-state index contributed by atoms with van der Waals surface area (Å²) in [4.78, 5) is 16.3. The van der Waals surface area contributed by atoms with Gasteiger partial charge in [0.2, 0.25) is 0 Å². The number of thioether (sulfide) groups is 1. The van der Waals surface area contributed by atoms with Gasteiger partial charge in [0.15, 0.2) is 0 Å². The second-order valence-corrected chi connectivity index (χ2v) is 4.88. The Morgan fingerprint density at radius 2 is 2.39 bits per heavy atom. The van der Waals surface area contributed by atoms with Gasteiger partial charge < -0.3 is 4.74 Å². The summed E-state index contributed by atoms with van der Waals surface area (Å²) < 4.78 is 5.00. The zero-order chi connectivity index (χ0) is 13.1. The molecule has 1 heterocycles. The Morgan fingerprint density at radius 3 is 2.89 bits per heavy atom. The Labute approximate surface area is 110 Å². The zero-order valence-corrected chi connectivity index (χ0v) is 11.2. The standard InChI is InChI=1S/C13H14N2O2S/c1-3-17-13(16)9-6-11(8-4-5-8)15-12(18-2)10(9)7-14/h6,8H,3-5H2,1-2H3. The molecule has 0 aromatic carbocycles. The SMILES string of the molecule is CCOC(=O)c1cc(C2CC2)nc(SC)c1C#N. The molecular weight excluding hydrogens is 248 g/mol. The lowest BCUT2D eigenvalue weighted by Gasteiger charge is -2.09. The van der Waals surface area contributed by atoms with Gasteiger partial charge in [0.25, 0.3) is 0 Å². The third kappa shape index (κ3) is 2.49. The van der Waals surface area contributed by atoms with Crippen LogP contribution in [0, 0.1) is 11.3 Å². The van der Waals surface area contributed by atoms with Gasteiger partial charge in [-0.25, -0.2) is 9.78 Å². The first kappa shape index (κ1) is 12.9. The number of aromatic nitrogens is 1. The van der Waals surface area contributed by atoms with Crippen molar-refractivity contribution in [3.8, 4) is 6.07 Å². The van der Waals surface area contributed by atoms with Crippen LogP contribution < -0.4 is 0 Å². The molecule has 1 aliphatic carbocycles. The van der Waals surface area contributed by atoms with Crippen LogP contribution in [0.5, 0.6) is 0 Å². The summed E-state index contributed by atoms with van der Waals surface area (Å²) in [5.41, 5.74) is 1.58. The van der Waals surface area contributed by atoms with E-state index in [4.69, 9.17) is 4.74 Å². The normalized spacial score (nSPS) is 14.1. The fourth-order valence-electron chi connectivity index (χ4n) is 1.75.